The number of nitrogens with zero attached hydrogens (tertiary/aromatic N) is 3. The molecule has 1 aromatic heterocycles. The van der Waals surface area contributed by atoms with Crippen molar-refractivity contribution >= 4 is 23.1 Å². The second-order valence-electron chi connectivity index (χ2n) is 5.70. The summed E-state index contributed by atoms with van der Waals surface area (Å²) in [5.41, 5.74) is 1.34. The highest BCUT2D eigenvalue weighted by Gasteiger charge is 2.24. The number of anilines is 2. The van der Waals surface area contributed by atoms with Gasteiger partial charge in [0.15, 0.2) is 6.61 Å². The molecule has 0 atom stereocenters. The van der Waals surface area contributed by atoms with Gasteiger partial charge in [-0.1, -0.05) is 12.1 Å². The van der Waals surface area contributed by atoms with Gasteiger partial charge in [0.25, 0.3) is 11.6 Å². The molecule has 0 spiro atoms. The number of pyridine rings is 1. The molecule has 2 heterocycles. The molecule has 8 heteroatoms. The van der Waals surface area contributed by atoms with Crippen molar-refractivity contribution < 1.29 is 14.5 Å². The third-order valence-corrected chi connectivity index (χ3v) is 3.95. The van der Waals surface area contributed by atoms with Crippen LogP contribution in [0.25, 0.3) is 0 Å². The highest BCUT2D eigenvalue weighted by atomic mass is 16.6. The smallest absolute Gasteiger partial charge is 0.290 e. The van der Waals surface area contributed by atoms with E-state index in [0.717, 1.165) is 5.69 Å². The molecule has 1 aliphatic rings. The largest absolute Gasteiger partial charge is 0.482 e. The van der Waals surface area contributed by atoms with Crippen LogP contribution >= 0.6 is 0 Å². The van der Waals surface area contributed by atoms with Crippen molar-refractivity contribution in [1.82, 2.24) is 4.98 Å². The monoisotopic (exact) mass is 342 g/mol. The van der Waals surface area contributed by atoms with E-state index in [1.807, 2.05) is 24.3 Å². The summed E-state index contributed by atoms with van der Waals surface area (Å²) in [4.78, 5) is 28.2. The van der Waals surface area contributed by atoms with Gasteiger partial charge in [0, 0.05) is 18.7 Å². The first-order chi connectivity index (χ1) is 12.1. The molecular formula is C17H18N4O4. The Morgan fingerprint density at radius 3 is 2.96 bits per heavy atom. The number of aryl methyl sites for hydroxylation is 1. The third kappa shape index (κ3) is 3.68. The summed E-state index contributed by atoms with van der Waals surface area (Å²) in [6, 6.07) is 9.09. The molecule has 1 amide bonds. The summed E-state index contributed by atoms with van der Waals surface area (Å²) in [6.07, 6.45) is 1.96. The summed E-state index contributed by atoms with van der Waals surface area (Å²) in [5, 5.41) is 13.9. The molecule has 3 rings (SSSR count). The van der Waals surface area contributed by atoms with E-state index < -0.39 is 4.92 Å². The lowest BCUT2D eigenvalue weighted by Gasteiger charge is -2.29. The van der Waals surface area contributed by atoms with Crippen molar-refractivity contribution in [2.24, 2.45) is 0 Å². The van der Waals surface area contributed by atoms with Crippen LogP contribution in [-0.4, -0.2) is 35.5 Å². The first kappa shape index (κ1) is 16.7. The van der Waals surface area contributed by atoms with Crippen LogP contribution in [0.2, 0.25) is 0 Å². The van der Waals surface area contributed by atoms with Crippen molar-refractivity contribution in [3.8, 4) is 5.75 Å². The van der Waals surface area contributed by atoms with Crippen molar-refractivity contribution in [3.05, 3.63) is 52.2 Å². The maximum atomic E-state index is 12.1. The Labute approximate surface area is 144 Å². The fraction of sp³-hybridized carbons (Fsp3) is 0.294. The number of nitro groups is 1. The van der Waals surface area contributed by atoms with Crippen LogP contribution in [0.4, 0.5) is 17.2 Å². The first-order valence-electron chi connectivity index (χ1n) is 7.93. The van der Waals surface area contributed by atoms with Gasteiger partial charge in [-0.25, -0.2) is 4.98 Å². The fourth-order valence-corrected chi connectivity index (χ4v) is 2.69. The number of amides is 1. The minimum Gasteiger partial charge on any atom is -0.482 e. The number of fused-ring (bicyclic) bond motifs is 1. The summed E-state index contributed by atoms with van der Waals surface area (Å²) >= 11 is 0. The highest BCUT2D eigenvalue weighted by molar-refractivity contribution is 5.97. The van der Waals surface area contributed by atoms with E-state index in [1.54, 1.807) is 17.9 Å². The Morgan fingerprint density at radius 2 is 2.20 bits per heavy atom. The van der Waals surface area contributed by atoms with Gasteiger partial charge in [-0.15, -0.1) is 0 Å². The van der Waals surface area contributed by atoms with E-state index in [4.69, 9.17) is 4.74 Å². The summed E-state index contributed by atoms with van der Waals surface area (Å²) in [5.74, 6) is 1.22. The standard InChI is InChI=1S/C17H18N4O4/c1-12-9-16(19-10-14(12)21(23)24)18-7-4-8-20-13-5-2-3-6-15(13)25-11-17(20)22/h2-3,5-6,9-10H,4,7-8,11H2,1H3,(H,18,19). The Hall–Kier alpha value is -3.16. The van der Waals surface area contributed by atoms with Crippen LogP contribution in [0.1, 0.15) is 12.0 Å². The lowest BCUT2D eigenvalue weighted by atomic mass is 10.2. The SMILES string of the molecule is Cc1cc(NCCCN2C(=O)COc3ccccc32)ncc1[N+](=O)[O-]. The topological polar surface area (TPSA) is 97.6 Å². The Kier molecular flexibility index (Phi) is 4.78. The minimum absolute atomic E-state index is 0.000991. The Morgan fingerprint density at radius 1 is 1.40 bits per heavy atom. The van der Waals surface area contributed by atoms with E-state index in [-0.39, 0.29) is 18.2 Å². The van der Waals surface area contributed by atoms with Gasteiger partial charge in [0.05, 0.1) is 10.6 Å². The molecule has 25 heavy (non-hydrogen) atoms. The van der Waals surface area contributed by atoms with Crippen LogP contribution in [-0.2, 0) is 4.79 Å². The molecule has 0 fully saturated rings. The van der Waals surface area contributed by atoms with Crippen LogP contribution in [0.15, 0.2) is 36.5 Å². The number of benzene rings is 1. The third-order valence-electron chi connectivity index (χ3n) is 3.95. The molecule has 8 nitrogen and oxygen atoms in total. The van der Waals surface area contributed by atoms with Gasteiger partial charge in [-0.2, -0.15) is 0 Å². The van der Waals surface area contributed by atoms with E-state index in [1.165, 1.54) is 6.20 Å². The molecule has 0 saturated heterocycles. The number of hydrogen-bond donors (Lipinski definition) is 1. The zero-order chi connectivity index (χ0) is 17.8. The second kappa shape index (κ2) is 7.16. The number of nitrogens with one attached hydrogen (secondary N) is 1. The molecule has 0 saturated carbocycles. The average molecular weight is 342 g/mol. The molecule has 1 N–H and O–H groups in total. The number of rotatable bonds is 6. The number of para-hydroxylation sites is 2. The van der Waals surface area contributed by atoms with Crippen molar-refractivity contribution in [1.29, 1.82) is 0 Å². The lowest BCUT2D eigenvalue weighted by Crippen LogP contribution is -2.39. The maximum Gasteiger partial charge on any atom is 0.290 e. The molecule has 0 unspecified atom stereocenters. The van der Waals surface area contributed by atoms with E-state index in [0.29, 0.717) is 36.6 Å². The predicted molar refractivity (Wildman–Crippen MR) is 93.0 cm³/mol. The first-order valence-corrected chi connectivity index (χ1v) is 7.93. The maximum absolute atomic E-state index is 12.1. The van der Waals surface area contributed by atoms with Crippen molar-refractivity contribution in [3.63, 3.8) is 0 Å². The van der Waals surface area contributed by atoms with Crippen LogP contribution in [0, 0.1) is 17.0 Å². The molecule has 1 aliphatic heterocycles. The molecule has 0 radical (unpaired) electrons. The Balaban J connectivity index is 1.56. The fourth-order valence-electron chi connectivity index (χ4n) is 2.69. The van der Waals surface area contributed by atoms with Crippen LogP contribution < -0.4 is 15.0 Å². The number of hydrogen-bond acceptors (Lipinski definition) is 6. The second-order valence-corrected chi connectivity index (χ2v) is 5.70. The van der Waals surface area contributed by atoms with E-state index in [2.05, 4.69) is 10.3 Å². The van der Waals surface area contributed by atoms with Gasteiger partial charge >= 0.3 is 0 Å². The average Bonchev–Trinajstić information content (AvgIpc) is 2.60. The molecule has 0 aliphatic carbocycles. The van der Waals surface area contributed by atoms with Gasteiger partial charge in [-0.05, 0) is 31.5 Å². The summed E-state index contributed by atoms with van der Waals surface area (Å²) in [6.45, 7) is 2.87. The zero-order valence-corrected chi connectivity index (χ0v) is 13.8. The lowest BCUT2D eigenvalue weighted by molar-refractivity contribution is -0.385. The molecule has 0 bridgehead atoms. The molecule has 130 valence electrons. The van der Waals surface area contributed by atoms with Crippen LogP contribution in [0.5, 0.6) is 5.75 Å². The minimum atomic E-state index is -0.451. The van der Waals surface area contributed by atoms with Crippen molar-refractivity contribution in [2.75, 3.05) is 29.9 Å². The molecular weight excluding hydrogens is 324 g/mol. The number of ether oxygens (including phenoxy) is 1. The summed E-state index contributed by atoms with van der Waals surface area (Å²) in [7, 11) is 0. The zero-order valence-electron chi connectivity index (χ0n) is 13.8. The summed E-state index contributed by atoms with van der Waals surface area (Å²) < 4.78 is 5.41. The molecule has 1 aromatic carbocycles. The van der Waals surface area contributed by atoms with Crippen LogP contribution in [0.3, 0.4) is 0 Å². The van der Waals surface area contributed by atoms with E-state index >= 15 is 0 Å². The quantitative estimate of drug-likeness (QED) is 0.492. The van der Waals surface area contributed by atoms with Gasteiger partial charge < -0.3 is 15.0 Å². The van der Waals surface area contributed by atoms with Crippen molar-refractivity contribution in [2.45, 2.75) is 13.3 Å². The van der Waals surface area contributed by atoms with Gasteiger partial charge in [0.1, 0.15) is 17.8 Å². The predicted octanol–water partition coefficient (Wildman–Crippen LogP) is 2.53. The van der Waals surface area contributed by atoms with E-state index in [9.17, 15) is 14.9 Å². The number of aromatic nitrogens is 1. The highest BCUT2D eigenvalue weighted by Crippen LogP contribution is 2.31. The number of carbonyl (C=O) groups excluding carboxylic acids is 1. The van der Waals surface area contributed by atoms with Gasteiger partial charge in [-0.3, -0.25) is 14.9 Å². The number of carbonyl (C=O) groups is 1. The normalized spacial score (nSPS) is 13.2. The Bertz CT molecular complexity index is 809. The van der Waals surface area contributed by atoms with Gasteiger partial charge in [0.2, 0.25) is 0 Å². The molecule has 2 aromatic rings.